The van der Waals surface area contributed by atoms with E-state index in [-0.39, 0.29) is 11.2 Å². The number of amides is 1. The average Bonchev–Trinajstić information content (AvgIpc) is 2.97. The minimum Gasteiger partial charge on any atom is -0.360 e. The molecule has 0 aliphatic heterocycles. The number of carbonyl (C=O) groups is 1. The van der Waals surface area contributed by atoms with Crippen LogP contribution in [0.25, 0.3) is 10.9 Å². The first-order valence-corrected chi connectivity index (χ1v) is 8.30. The summed E-state index contributed by atoms with van der Waals surface area (Å²) in [4.78, 5) is 17.0. The Bertz CT molecular complexity index is 831. The van der Waals surface area contributed by atoms with Crippen LogP contribution >= 0.6 is 11.8 Å². The monoisotopic (exact) mass is 327 g/mol. The fraction of sp³-hybridized carbons (Fsp3) is 0.235. The summed E-state index contributed by atoms with van der Waals surface area (Å²) in [5.74, 6) is 1.01. The van der Waals surface area contributed by atoms with E-state index in [1.165, 1.54) is 11.8 Å². The van der Waals surface area contributed by atoms with Crippen molar-refractivity contribution in [3.63, 3.8) is 0 Å². The number of para-hydroxylation sites is 1. The van der Waals surface area contributed by atoms with E-state index < -0.39 is 0 Å². The van der Waals surface area contributed by atoms with Gasteiger partial charge in [-0.1, -0.05) is 48.1 Å². The summed E-state index contributed by atoms with van der Waals surface area (Å²) in [6.45, 7) is 3.76. The minimum atomic E-state index is -0.235. The quantitative estimate of drug-likeness (QED) is 0.716. The van der Waals surface area contributed by atoms with Gasteiger partial charge in [-0.15, -0.1) is 0 Å². The van der Waals surface area contributed by atoms with Crippen molar-refractivity contribution in [3.8, 4) is 0 Å². The normalized spacial score (nSPS) is 12.3. The number of aryl methyl sites for hydroxylation is 1. The van der Waals surface area contributed by atoms with Crippen LogP contribution in [0.5, 0.6) is 0 Å². The second-order valence-electron chi connectivity index (χ2n) is 5.17. The zero-order valence-corrected chi connectivity index (χ0v) is 13.8. The van der Waals surface area contributed by atoms with Crippen molar-refractivity contribution in [2.24, 2.45) is 0 Å². The molecule has 1 atom stereocenters. The zero-order chi connectivity index (χ0) is 16.2. The van der Waals surface area contributed by atoms with Crippen LogP contribution in [-0.2, 0) is 4.79 Å². The van der Waals surface area contributed by atoms with Crippen LogP contribution in [0.4, 0.5) is 5.82 Å². The van der Waals surface area contributed by atoms with Crippen molar-refractivity contribution in [3.05, 3.63) is 48.2 Å². The molecule has 0 radical (unpaired) electrons. The SMILES string of the molecule is CC[C@H](Sc1ccc2ccccc2n1)C(=O)Nc1cc(C)on1. The molecule has 2 heterocycles. The summed E-state index contributed by atoms with van der Waals surface area (Å²) >= 11 is 1.46. The lowest BCUT2D eigenvalue weighted by Crippen LogP contribution is -2.24. The minimum absolute atomic E-state index is 0.0965. The molecule has 0 bridgehead atoms. The Balaban J connectivity index is 1.73. The van der Waals surface area contributed by atoms with Gasteiger partial charge in [-0.25, -0.2) is 4.98 Å². The topological polar surface area (TPSA) is 68.0 Å². The van der Waals surface area contributed by atoms with Crippen molar-refractivity contribution in [2.45, 2.75) is 30.5 Å². The maximum absolute atomic E-state index is 12.4. The highest BCUT2D eigenvalue weighted by molar-refractivity contribution is 8.00. The standard InChI is InChI=1S/C17H17N3O2S/c1-3-14(17(21)19-15-10-11(2)22-20-15)23-16-9-8-12-6-4-5-7-13(12)18-16/h4-10,14H,3H2,1-2H3,(H,19,20,21)/t14-/m0/s1. The van der Waals surface area contributed by atoms with Crippen LogP contribution in [0.3, 0.4) is 0 Å². The highest BCUT2D eigenvalue weighted by Gasteiger charge is 2.20. The van der Waals surface area contributed by atoms with Gasteiger partial charge in [-0.2, -0.15) is 0 Å². The van der Waals surface area contributed by atoms with Gasteiger partial charge in [0.05, 0.1) is 15.8 Å². The Morgan fingerprint density at radius 3 is 2.87 bits per heavy atom. The molecule has 118 valence electrons. The van der Waals surface area contributed by atoms with Crippen LogP contribution < -0.4 is 5.32 Å². The van der Waals surface area contributed by atoms with Gasteiger partial charge < -0.3 is 9.84 Å². The van der Waals surface area contributed by atoms with Gasteiger partial charge in [0.15, 0.2) is 5.82 Å². The molecule has 0 aliphatic rings. The van der Waals surface area contributed by atoms with E-state index in [1.807, 2.05) is 43.3 Å². The van der Waals surface area contributed by atoms with Gasteiger partial charge >= 0.3 is 0 Å². The molecular formula is C17H17N3O2S. The first-order valence-electron chi connectivity index (χ1n) is 7.42. The predicted molar refractivity (Wildman–Crippen MR) is 91.5 cm³/mol. The Morgan fingerprint density at radius 2 is 2.13 bits per heavy atom. The fourth-order valence-electron chi connectivity index (χ4n) is 2.21. The van der Waals surface area contributed by atoms with Gasteiger partial charge in [0.25, 0.3) is 0 Å². The van der Waals surface area contributed by atoms with Gasteiger partial charge in [0.2, 0.25) is 5.91 Å². The van der Waals surface area contributed by atoms with Crippen molar-refractivity contribution in [1.29, 1.82) is 0 Å². The molecule has 6 heteroatoms. The maximum atomic E-state index is 12.4. The fourth-order valence-corrected chi connectivity index (χ4v) is 3.13. The maximum Gasteiger partial charge on any atom is 0.239 e. The molecule has 0 saturated carbocycles. The third-order valence-corrected chi connectivity index (χ3v) is 4.68. The lowest BCUT2D eigenvalue weighted by atomic mass is 10.2. The molecular weight excluding hydrogens is 310 g/mol. The first-order chi connectivity index (χ1) is 11.2. The van der Waals surface area contributed by atoms with Gasteiger partial charge in [-0.05, 0) is 25.5 Å². The summed E-state index contributed by atoms with van der Waals surface area (Å²) in [5, 5.41) is 8.26. The smallest absolute Gasteiger partial charge is 0.239 e. The number of aromatic nitrogens is 2. The Morgan fingerprint density at radius 1 is 1.30 bits per heavy atom. The molecule has 0 unspecified atom stereocenters. The lowest BCUT2D eigenvalue weighted by molar-refractivity contribution is -0.115. The van der Waals surface area contributed by atoms with Crippen LogP contribution in [0.1, 0.15) is 19.1 Å². The Kier molecular flexibility index (Phi) is 4.62. The number of nitrogens with one attached hydrogen (secondary N) is 1. The van der Waals surface area contributed by atoms with Gasteiger partial charge in [-0.3, -0.25) is 4.79 Å². The molecule has 0 spiro atoms. The molecule has 23 heavy (non-hydrogen) atoms. The third-order valence-electron chi connectivity index (χ3n) is 3.38. The average molecular weight is 327 g/mol. The molecule has 1 aromatic carbocycles. The number of anilines is 1. The summed E-state index contributed by atoms with van der Waals surface area (Å²) in [7, 11) is 0. The van der Waals surface area contributed by atoms with Crippen LogP contribution in [-0.4, -0.2) is 21.3 Å². The summed E-state index contributed by atoms with van der Waals surface area (Å²) < 4.78 is 4.96. The number of nitrogens with zero attached hydrogens (tertiary/aromatic N) is 2. The highest BCUT2D eigenvalue weighted by atomic mass is 32.2. The van der Waals surface area contributed by atoms with Crippen molar-refractivity contribution in [1.82, 2.24) is 10.1 Å². The number of hydrogen-bond acceptors (Lipinski definition) is 5. The molecule has 0 saturated heterocycles. The Hall–Kier alpha value is -2.34. The number of thioether (sulfide) groups is 1. The molecule has 5 nitrogen and oxygen atoms in total. The zero-order valence-electron chi connectivity index (χ0n) is 12.9. The lowest BCUT2D eigenvalue weighted by Gasteiger charge is -2.13. The Labute approximate surface area is 138 Å². The highest BCUT2D eigenvalue weighted by Crippen LogP contribution is 2.26. The van der Waals surface area contributed by atoms with Crippen molar-refractivity contribution < 1.29 is 9.32 Å². The first kappa shape index (κ1) is 15.6. The number of rotatable bonds is 5. The van der Waals surface area contributed by atoms with Crippen molar-refractivity contribution in [2.75, 3.05) is 5.32 Å². The van der Waals surface area contributed by atoms with E-state index in [0.717, 1.165) is 15.9 Å². The van der Waals surface area contributed by atoms with E-state index in [2.05, 4.69) is 15.5 Å². The van der Waals surface area contributed by atoms with Crippen molar-refractivity contribution >= 4 is 34.4 Å². The number of pyridine rings is 1. The molecule has 1 N–H and O–H groups in total. The molecule has 3 rings (SSSR count). The van der Waals surface area contributed by atoms with Crippen LogP contribution in [0.2, 0.25) is 0 Å². The van der Waals surface area contributed by atoms with Gasteiger partial charge in [0.1, 0.15) is 5.76 Å². The molecule has 1 amide bonds. The molecule has 3 aromatic rings. The number of fused-ring (bicyclic) bond motifs is 1. The molecule has 0 fully saturated rings. The summed E-state index contributed by atoms with van der Waals surface area (Å²) in [5.41, 5.74) is 0.930. The number of benzene rings is 1. The van der Waals surface area contributed by atoms with E-state index in [4.69, 9.17) is 4.52 Å². The third kappa shape index (κ3) is 3.71. The summed E-state index contributed by atoms with van der Waals surface area (Å²) in [6.07, 6.45) is 0.696. The van der Waals surface area contributed by atoms with E-state index in [0.29, 0.717) is 18.0 Å². The largest absolute Gasteiger partial charge is 0.360 e. The van der Waals surface area contributed by atoms with Crippen LogP contribution in [0, 0.1) is 6.92 Å². The molecule has 2 aromatic heterocycles. The number of hydrogen-bond donors (Lipinski definition) is 1. The second-order valence-corrected chi connectivity index (χ2v) is 6.39. The molecule has 0 aliphatic carbocycles. The predicted octanol–water partition coefficient (Wildman–Crippen LogP) is 4.04. The van der Waals surface area contributed by atoms with E-state index >= 15 is 0 Å². The van der Waals surface area contributed by atoms with Gasteiger partial charge in [0, 0.05) is 11.5 Å². The summed E-state index contributed by atoms with van der Waals surface area (Å²) in [6, 6.07) is 13.6. The van der Waals surface area contributed by atoms with E-state index in [9.17, 15) is 4.79 Å². The van der Waals surface area contributed by atoms with E-state index in [1.54, 1.807) is 13.0 Å². The number of carbonyl (C=O) groups excluding carboxylic acids is 1. The van der Waals surface area contributed by atoms with Crippen LogP contribution in [0.15, 0.2) is 52.0 Å². The second kappa shape index (κ2) is 6.83.